The molecule has 16 heteroatoms. The van der Waals surface area contributed by atoms with Gasteiger partial charge < -0.3 is 49.9 Å². The van der Waals surface area contributed by atoms with Gasteiger partial charge in [0, 0.05) is 48.2 Å². The van der Waals surface area contributed by atoms with Gasteiger partial charge in [0.15, 0.2) is 13.9 Å². The normalized spacial score (nSPS) is 23.2. The highest BCUT2D eigenvalue weighted by Gasteiger charge is 2.66. The molecule has 6 N–H and O–H groups in total. The minimum atomic E-state index is -3.01. The summed E-state index contributed by atoms with van der Waals surface area (Å²) in [6.07, 6.45) is 3.28. The summed E-state index contributed by atoms with van der Waals surface area (Å²) in [6, 6.07) is 23.8. The molecule has 370 valence electrons. The van der Waals surface area contributed by atoms with Crippen LogP contribution in [0.25, 0.3) is 0 Å². The van der Waals surface area contributed by atoms with E-state index in [4.69, 9.17) is 14.2 Å². The Morgan fingerprint density at radius 1 is 0.696 bits per heavy atom. The van der Waals surface area contributed by atoms with E-state index in [1.807, 2.05) is 113 Å². The van der Waals surface area contributed by atoms with E-state index in [2.05, 4.69) is 10.6 Å². The van der Waals surface area contributed by atoms with Crippen molar-refractivity contribution in [3.8, 4) is 11.5 Å². The Hall–Kier alpha value is -5.17. The van der Waals surface area contributed by atoms with Crippen molar-refractivity contribution < 1.29 is 48.7 Å². The van der Waals surface area contributed by atoms with Crippen LogP contribution in [0.3, 0.4) is 0 Å². The van der Waals surface area contributed by atoms with Crippen LogP contribution in [0, 0.1) is 5.92 Å². The molecular formula is C53H69N5O10Si. The largest absolute Gasteiger partial charge is 0.494 e. The van der Waals surface area contributed by atoms with Crippen molar-refractivity contribution in [2.75, 3.05) is 60.8 Å². The fraction of sp³-hybridized carbons (Fsp3) is 0.491. The van der Waals surface area contributed by atoms with Gasteiger partial charge in [0.1, 0.15) is 11.5 Å². The van der Waals surface area contributed by atoms with Crippen LogP contribution in [0.4, 0.5) is 28.4 Å². The maximum absolute atomic E-state index is 15.5. The summed E-state index contributed by atoms with van der Waals surface area (Å²) in [5.74, 6) is 0.409. The second kappa shape index (κ2) is 21.4. The zero-order valence-corrected chi connectivity index (χ0v) is 41.6. The number of ether oxygens (including phenoxy) is 3. The number of hydrogen-bond donors (Lipinski definition) is 6. The van der Waals surface area contributed by atoms with E-state index in [1.54, 1.807) is 14.7 Å². The highest BCUT2D eigenvalue weighted by atomic mass is 28.4. The fourth-order valence-electron chi connectivity index (χ4n) is 11.1. The van der Waals surface area contributed by atoms with Gasteiger partial charge in [-0.2, -0.15) is 0 Å². The van der Waals surface area contributed by atoms with Gasteiger partial charge >= 0.3 is 0 Å². The molecule has 4 aliphatic rings. The number of amides is 3. The summed E-state index contributed by atoms with van der Waals surface area (Å²) in [4.78, 5) is 61.4. The molecular weight excluding hydrogens is 895 g/mol. The van der Waals surface area contributed by atoms with Gasteiger partial charge in [0.25, 0.3) is 5.91 Å². The van der Waals surface area contributed by atoms with Crippen molar-refractivity contribution in [1.82, 2.24) is 10.6 Å². The summed E-state index contributed by atoms with van der Waals surface area (Å²) < 4.78 is 18.7. The summed E-state index contributed by atoms with van der Waals surface area (Å²) in [6.45, 7) is 11.8. The number of nitrogens with one attached hydrogen (secondary N) is 2. The van der Waals surface area contributed by atoms with Crippen molar-refractivity contribution in [3.63, 3.8) is 0 Å². The van der Waals surface area contributed by atoms with E-state index in [0.717, 1.165) is 34.5 Å². The number of carbonyl (C=O) groups excluding carboxylic acids is 3. The van der Waals surface area contributed by atoms with Crippen LogP contribution < -0.4 is 34.8 Å². The molecule has 8 rings (SSSR count). The summed E-state index contributed by atoms with van der Waals surface area (Å²) >= 11 is 0. The molecule has 0 radical (unpaired) electrons. The Bertz CT molecular complexity index is 2480. The van der Waals surface area contributed by atoms with E-state index < -0.39 is 43.6 Å². The number of carbonyl (C=O) groups is 3. The average molecular weight is 964 g/mol. The first kappa shape index (κ1) is 50.2. The predicted molar refractivity (Wildman–Crippen MR) is 268 cm³/mol. The third-order valence-electron chi connectivity index (χ3n) is 14.2. The smallest absolute Gasteiger partial charge is 0.264 e. The first-order valence-corrected chi connectivity index (χ1v) is 27.8. The highest BCUT2D eigenvalue weighted by molar-refractivity contribution is 6.71. The molecule has 4 aromatic carbocycles. The quantitative estimate of drug-likeness (QED) is 0.0415. The molecule has 15 nitrogen and oxygen atoms in total. The lowest BCUT2D eigenvalue weighted by Crippen LogP contribution is -2.49. The molecule has 0 aliphatic carbocycles. The van der Waals surface area contributed by atoms with Crippen LogP contribution in [0.5, 0.6) is 11.5 Å². The average Bonchev–Trinajstić information content (AvgIpc) is 3.75. The van der Waals surface area contributed by atoms with Gasteiger partial charge in [-0.25, -0.2) is 0 Å². The molecule has 4 aromatic rings. The van der Waals surface area contributed by atoms with E-state index in [9.17, 15) is 29.7 Å². The van der Waals surface area contributed by atoms with Gasteiger partial charge in [-0.1, -0.05) is 19.1 Å². The number of fused-ring (bicyclic) bond motifs is 4. The number of hydrogen-bond acceptors (Lipinski definition) is 12. The SMILES string of the molecule is CCOc1ccc2c(c1)CC(NCCCCO)C(=O)N2c1ccc(CN2C(=O)[C@]3(O[C@H](CCO)[C@@H]([Si](C)(C)O)[C@@H]3C)c3cc(N4C(=O)C(NCCCCO)Cc5cc(OCC)ccc54)ccc32)cc1. The number of benzene rings is 4. The summed E-state index contributed by atoms with van der Waals surface area (Å²) in [7, 11) is -3.01. The molecule has 0 saturated carbocycles. The number of anilines is 5. The van der Waals surface area contributed by atoms with Crippen molar-refractivity contribution in [2.24, 2.45) is 5.92 Å². The topological polar surface area (TPSA) is 194 Å². The Morgan fingerprint density at radius 2 is 1.22 bits per heavy atom. The Morgan fingerprint density at radius 3 is 1.72 bits per heavy atom. The van der Waals surface area contributed by atoms with Crippen LogP contribution >= 0.6 is 0 Å². The summed E-state index contributed by atoms with van der Waals surface area (Å²) in [5.41, 5.74) is 4.70. The molecule has 4 heterocycles. The maximum atomic E-state index is 15.5. The molecule has 69 heavy (non-hydrogen) atoms. The van der Waals surface area contributed by atoms with Crippen LogP contribution in [0.15, 0.2) is 78.9 Å². The minimum absolute atomic E-state index is 0.0679. The molecule has 4 aliphatic heterocycles. The monoisotopic (exact) mass is 963 g/mol. The number of nitrogens with zero attached hydrogens (tertiary/aromatic N) is 3. The van der Waals surface area contributed by atoms with Crippen molar-refractivity contribution >= 4 is 54.5 Å². The number of aliphatic hydroxyl groups is 3. The van der Waals surface area contributed by atoms with E-state index in [0.29, 0.717) is 92.5 Å². The zero-order valence-electron chi connectivity index (χ0n) is 40.6. The number of rotatable bonds is 21. The lowest BCUT2D eigenvalue weighted by molar-refractivity contribution is -0.146. The molecule has 6 atom stereocenters. The zero-order chi connectivity index (χ0) is 49.0. The third-order valence-corrected chi connectivity index (χ3v) is 16.7. The number of aliphatic hydroxyl groups excluding tert-OH is 3. The lowest BCUT2D eigenvalue weighted by Gasteiger charge is -2.36. The lowest BCUT2D eigenvalue weighted by atomic mass is 9.82. The number of unbranched alkanes of at least 4 members (excludes halogenated alkanes) is 2. The van der Waals surface area contributed by atoms with Gasteiger partial charge in [0.2, 0.25) is 11.8 Å². The Labute approximate surface area is 406 Å². The van der Waals surface area contributed by atoms with Crippen LogP contribution in [0.2, 0.25) is 18.6 Å². The maximum Gasteiger partial charge on any atom is 0.264 e. The van der Waals surface area contributed by atoms with E-state index in [-0.39, 0.29) is 50.5 Å². The van der Waals surface area contributed by atoms with Crippen molar-refractivity contribution in [2.45, 2.75) is 115 Å². The van der Waals surface area contributed by atoms with Crippen molar-refractivity contribution in [1.29, 1.82) is 0 Å². The molecule has 1 saturated heterocycles. The van der Waals surface area contributed by atoms with E-state index in [1.165, 1.54) is 0 Å². The molecule has 0 bridgehead atoms. The van der Waals surface area contributed by atoms with Crippen LogP contribution in [0.1, 0.15) is 75.1 Å². The Kier molecular flexibility index (Phi) is 15.6. The van der Waals surface area contributed by atoms with E-state index >= 15 is 4.79 Å². The molecule has 0 aromatic heterocycles. The Balaban J connectivity index is 1.17. The van der Waals surface area contributed by atoms with Gasteiger partial charge in [0.05, 0.1) is 55.0 Å². The second-order valence-electron chi connectivity index (χ2n) is 19.2. The second-order valence-corrected chi connectivity index (χ2v) is 23.2. The predicted octanol–water partition coefficient (Wildman–Crippen LogP) is 6.11. The summed E-state index contributed by atoms with van der Waals surface area (Å²) in [5, 5.41) is 35.9. The van der Waals surface area contributed by atoms with Crippen molar-refractivity contribution in [3.05, 3.63) is 101 Å². The molecule has 1 fully saturated rings. The first-order chi connectivity index (χ1) is 33.3. The highest BCUT2D eigenvalue weighted by Crippen LogP contribution is 2.60. The van der Waals surface area contributed by atoms with Gasteiger partial charge in [-0.05, 0) is 168 Å². The third kappa shape index (κ3) is 9.82. The standard InChI is InChI=1S/C53H69N5O10Si/c1-6-66-40-17-20-45-36(28-40)30-43(54-23-8-10-25-59)50(62)57(45)38-14-12-35(13-15-38)33-56-47-19-16-39(32-42(47)53(52(56)64)34(3)49(69(4,5)65)48(68-53)22-27-61)58-46-21-18-41(67-7-2)29-37(46)31-44(51(58)63)55-24-9-11-26-60/h12-21,28-29,32,34,43-44,48-49,54-55,59-61,65H,6-11,22-27,30-31,33H2,1-5H3/t34-,43?,44?,48+,49-,53+/m0/s1. The van der Waals surface area contributed by atoms with Gasteiger partial charge in [-0.3, -0.25) is 24.2 Å². The molecule has 2 unspecified atom stereocenters. The van der Waals surface area contributed by atoms with Gasteiger partial charge in [-0.15, -0.1) is 0 Å². The van der Waals surface area contributed by atoms with Crippen LogP contribution in [-0.2, 0) is 44.1 Å². The van der Waals surface area contributed by atoms with Crippen LogP contribution in [-0.4, -0.2) is 110 Å². The minimum Gasteiger partial charge on any atom is -0.494 e. The fourth-order valence-corrected chi connectivity index (χ4v) is 13.7. The molecule has 1 spiro atoms. The molecule has 3 amide bonds. The first-order valence-electron chi connectivity index (χ1n) is 24.7.